The van der Waals surface area contributed by atoms with E-state index in [2.05, 4.69) is 26.2 Å². The maximum Gasteiger partial charge on any atom is 0.231 e. The fraction of sp³-hybridized carbons (Fsp3) is 0.188. The van der Waals surface area contributed by atoms with Gasteiger partial charge >= 0.3 is 0 Å². The second-order valence-electron chi connectivity index (χ2n) is 4.87. The SMILES string of the molecule is COc1cccc(NC(N)=NCc2cc(Br)c3c(c2)OCO3)c1.I. The van der Waals surface area contributed by atoms with E-state index in [9.17, 15) is 0 Å². The highest BCUT2D eigenvalue weighted by Crippen LogP contribution is 2.40. The van der Waals surface area contributed by atoms with E-state index in [1.165, 1.54) is 0 Å². The summed E-state index contributed by atoms with van der Waals surface area (Å²) in [6.45, 7) is 0.665. The van der Waals surface area contributed by atoms with Crippen molar-refractivity contribution >= 4 is 51.6 Å². The van der Waals surface area contributed by atoms with Crippen molar-refractivity contribution in [1.82, 2.24) is 0 Å². The Hall–Kier alpha value is -1.68. The molecule has 2 aromatic carbocycles. The lowest BCUT2D eigenvalue weighted by molar-refractivity contribution is 0.173. The summed E-state index contributed by atoms with van der Waals surface area (Å²) in [5.41, 5.74) is 7.71. The average Bonchev–Trinajstić information content (AvgIpc) is 3.02. The minimum atomic E-state index is 0. The van der Waals surface area contributed by atoms with Crippen molar-refractivity contribution in [3.05, 3.63) is 46.4 Å². The Morgan fingerprint density at radius 1 is 1.33 bits per heavy atom. The summed E-state index contributed by atoms with van der Waals surface area (Å²) >= 11 is 3.46. The van der Waals surface area contributed by atoms with E-state index in [4.69, 9.17) is 19.9 Å². The quantitative estimate of drug-likeness (QED) is 0.376. The molecule has 2 aromatic rings. The van der Waals surface area contributed by atoms with Crippen LogP contribution in [0, 0.1) is 0 Å². The molecule has 1 heterocycles. The van der Waals surface area contributed by atoms with Crippen LogP contribution < -0.4 is 25.3 Å². The topological polar surface area (TPSA) is 78.1 Å². The van der Waals surface area contributed by atoms with E-state index >= 15 is 0 Å². The number of nitrogens with two attached hydrogens (primary N) is 1. The minimum absolute atomic E-state index is 0. The third-order valence-electron chi connectivity index (χ3n) is 3.26. The second kappa shape index (κ2) is 8.43. The van der Waals surface area contributed by atoms with Gasteiger partial charge in [0.05, 0.1) is 18.1 Å². The predicted molar refractivity (Wildman–Crippen MR) is 108 cm³/mol. The Balaban J connectivity index is 0.00000208. The van der Waals surface area contributed by atoms with Gasteiger partial charge in [-0.25, -0.2) is 4.99 Å². The van der Waals surface area contributed by atoms with Crippen LogP contribution in [0.3, 0.4) is 0 Å². The number of anilines is 1. The maximum absolute atomic E-state index is 5.93. The van der Waals surface area contributed by atoms with Crippen LogP contribution in [0.1, 0.15) is 5.56 Å². The zero-order valence-electron chi connectivity index (χ0n) is 12.9. The first kappa shape index (κ1) is 18.7. The van der Waals surface area contributed by atoms with Crippen LogP contribution in [0.15, 0.2) is 45.9 Å². The molecular formula is C16H17BrIN3O3. The Labute approximate surface area is 165 Å². The highest BCUT2D eigenvalue weighted by atomic mass is 127. The number of halogens is 2. The monoisotopic (exact) mass is 505 g/mol. The molecule has 0 amide bonds. The Morgan fingerprint density at radius 2 is 2.17 bits per heavy atom. The van der Waals surface area contributed by atoms with Crippen LogP contribution in [0.25, 0.3) is 0 Å². The largest absolute Gasteiger partial charge is 0.497 e. The Kier molecular flexibility index (Phi) is 6.55. The van der Waals surface area contributed by atoms with Crippen LogP contribution in [0.2, 0.25) is 0 Å². The number of fused-ring (bicyclic) bond motifs is 1. The molecule has 0 unspecified atom stereocenters. The van der Waals surface area contributed by atoms with Gasteiger partial charge in [0.2, 0.25) is 6.79 Å². The normalized spacial score (nSPS) is 12.5. The summed E-state index contributed by atoms with van der Waals surface area (Å²) in [4.78, 5) is 4.34. The standard InChI is InChI=1S/C16H16BrN3O3.HI/c1-21-12-4-2-3-11(7-12)20-16(18)19-8-10-5-13(17)15-14(6-10)22-9-23-15;/h2-7H,8-9H2,1H3,(H3,18,19,20);1H. The van der Waals surface area contributed by atoms with Crippen molar-refractivity contribution in [2.24, 2.45) is 10.7 Å². The van der Waals surface area contributed by atoms with Crippen LogP contribution in [-0.2, 0) is 6.54 Å². The molecule has 1 aliphatic rings. The minimum Gasteiger partial charge on any atom is -0.497 e. The molecule has 0 bridgehead atoms. The first-order valence-corrected chi connectivity index (χ1v) is 7.74. The van der Waals surface area contributed by atoms with Gasteiger partial charge < -0.3 is 25.3 Å². The number of nitrogens with zero attached hydrogens (tertiary/aromatic N) is 1. The summed E-state index contributed by atoms with van der Waals surface area (Å²) in [7, 11) is 1.62. The van der Waals surface area contributed by atoms with Gasteiger partial charge in [0, 0.05) is 11.8 Å². The number of hydrogen-bond donors (Lipinski definition) is 2. The van der Waals surface area contributed by atoms with E-state index < -0.39 is 0 Å². The molecular weight excluding hydrogens is 489 g/mol. The molecule has 0 aromatic heterocycles. The molecule has 128 valence electrons. The molecule has 6 nitrogen and oxygen atoms in total. The van der Waals surface area contributed by atoms with Gasteiger partial charge in [-0.05, 0) is 45.8 Å². The number of methoxy groups -OCH3 is 1. The summed E-state index contributed by atoms with van der Waals surface area (Å²) in [5, 5.41) is 3.03. The van der Waals surface area contributed by atoms with Crippen molar-refractivity contribution in [2.75, 3.05) is 19.2 Å². The van der Waals surface area contributed by atoms with Gasteiger partial charge in [-0.2, -0.15) is 0 Å². The molecule has 24 heavy (non-hydrogen) atoms. The lowest BCUT2D eigenvalue weighted by Gasteiger charge is -2.08. The second-order valence-corrected chi connectivity index (χ2v) is 5.72. The van der Waals surface area contributed by atoms with E-state index in [0.29, 0.717) is 18.3 Å². The van der Waals surface area contributed by atoms with Gasteiger partial charge in [-0.15, -0.1) is 24.0 Å². The number of benzene rings is 2. The van der Waals surface area contributed by atoms with Crippen LogP contribution in [-0.4, -0.2) is 19.9 Å². The molecule has 0 spiro atoms. The third kappa shape index (κ3) is 4.44. The number of hydrogen-bond acceptors (Lipinski definition) is 4. The summed E-state index contributed by atoms with van der Waals surface area (Å²) in [6.07, 6.45) is 0. The number of ether oxygens (including phenoxy) is 3. The Morgan fingerprint density at radius 3 is 2.96 bits per heavy atom. The molecule has 8 heteroatoms. The number of aliphatic imine (C=N–C) groups is 1. The van der Waals surface area contributed by atoms with E-state index in [1.807, 2.05) is 36.4 Å². The van der Waals surface area contributed by atoms with Crippen LogP contribution in [0.5, 0.6) is 17.2 Å². The lowest BCUT2D eigenvalue weighted by atomic mass is 10.2. The lowest BCUT2D eigenvalue weighted by Crippen LogP contribution is -2.22. The zero-order valence-corrected chi connectivity index (χ0v) is 16.8. The summed E-state index contributed by atoms with van der Waals surface area (Å²) < 4.78 is 16.8. The first-order valence-electron chi connectivity index (χ1n) is 6.95. The summed E-state index contributed by atoms with van der Waals surface area (Å²) in [5.74, 6) is 2.51. The van der Waals surface area contributed by atoms with Gasteiger partial charge in [0.1, 0.15) is 5.75 Å². The van der Waals surface area contributed by atoms with E-state index in [-0.39, 0.29) is 30.8 Å². The van der Waals surface area contributed by atoms with Crippen molar-refractivity contribution in [1.29, 1.82) is 0 Å². The van der Waals surface area contributed by atoms with Crippen molar-refractivity contribution < 1.29 is 14.2 Å². The fourth-order valence-electron chi connectivity index (χ4n) is 2.18. The van der Waals surface area contributed by atoms with Crippen molar-refractivity contribution in [3.63, 3.8) is 0 Å². The molecule has 1 aliphatic heterocycles. The highest BCUT2D eigenvalue weighted by Gasteiger charge is 2.17. The van der Waals surface area contributed by atoms with Gasteiger partial charge in [0.25, 0.3) is 0 Å². The van der Waals surface area contributed by atoms with Gasteiger partial charge in [0.15, 0.2) is 17.5 Å². The van der Waals surface area contributed by atoms with E-state index in [0.717, 1.165) is 27.2 Å². The maximum atomic E-state index is 5.93. The molecule has 0 saturated carbocycles. The predicted octanol–water partition coefficient (Wildman–Crippen LogP) is 3.73. The molecule has 3 rings (SSSR count). The smallest absolute Gasteiger partial charge is 0.231 e. The molecule has 0 atom stereocenters. The molecule has 0 aliphatic carbocycles. The fourth-order valence-corrected chi connectivity index (χ4v) is 2.78. The number of rotatable bonds is 4. The zero-order chi connectivity index (χ0) is 16.2. The first-order chi connectivity index (χ1) is 11.2. The molecule has 3 N–H and O–H groups in total. The summed E-state index contributed by atoms with van der Waals surface area (Å²) in [6, 6.07) is 11.3. The van der Waals surface area contributed by atoms with Gasteiger partial charge in [-0.3, -0.25) is 0 Å². The van der Waals surface area contributed by atoms with Crippen molar-refractivity contribution in [2.45, 2.75) is 6.54 Å². The van der Waals surface area contributed by atoms with Crippen LogP contribution >= 0.6 is 39.9 Å². The number of guanidine groups is 1. The van der Waals surface area contributed by atoms with Crippen LogP contribution in [0.4, 0.5) is 5.69 Å². The van der Waals surface area contributed by atoms with Crippen molar-refractivity contribution in [3.8, 4) is 17.2 Å². The molecule has 0 fully saturated rings. The van der Waals surface area contributed by atoms with E-state index in [1.54, 1.807) is 7.11 Å². The number of nitrogens with one attached hydrogen (secondary N) is 1. The van der Waals surface area contributed by atoms with Gasteiger partial charge in [-0.1, -0.05) is 6.07 Å². The molecule has 0 radical (unpaired) electrons. The molecule has 0 saturated heterocycles. The Bertz CT molecular complexity index is 755. The average molecular weight is 506 g/mol. The third-order valence-corrected chi connectivity index (χ3v) is 3.85. The highest BCUT2D eigenvalue weighted by molar-refractivity contribution is 14.0.